The van der Waals surface area contributed by atoms with Crippen LogP contribution in [0.25, 0.3) is 0 Å². The Labute approximate surface area is 119 Å². The fourth-order valence-corrected chi connectivity index (χ4v) is 2.79. The van der Waals surface area contributed by atoms with E-state index in [0.29, 0.717) is 5.92 Å². The second kappa shape index (κ2) is 4.69. The Morgan fingerprint density at radius 3 is 2.85 bits per heavy atom. The molecule has 20 heavy (non-hydrogen) atoms. The molecule has 1 heterocycles. The molecule has 0 aromatic heterocycles. The van der Waals surface area contributed by atoms with Gasteiger partial charge in [0, 0.05) is 18.0 Å². The minimum atomic E-state index is -0.197. The lowest BCUT2D eigenvalue weighted by Gasteiger charge is -2.19. The molecule has 0 unspecified atom stereocenters. The highest BCUT2D eigenvalue weighted by molar-refractivity contribution is 5.91. The first-order chi connectivity index (χ1) is 9.44. The third-order valence-corrected chi connectivity index (χ3v) is 4.03. The number of carbonyl (C=O) groups excluding carboxylic acids is 1. The van der Waals surface area contributed by atoms with Crippen LogP contribution in [-0.2, 0) is 6.42 Å². The Hall–Kier alpha value is -1.71. The number of benzene rings is 1. The van der Waals surface area contributed by atoms with Gasteiger partial charge in [0.05, 0.1) is 5.69 Å². The standard InChI is InChI=1S/C16H22N2O2/c1-10(11-7-8-11)17-15(19)18-13-6-4-5-12-9-16(2,3)20-14(12)13/h4-6,10-11H,7-9H2,1-3H3,(H2,17,18,19)/t10-/m0/s1. The summed E-state index contributed by atoms with van der Waals surface area (Å²) in [6, 6.07) is 6.00. The molecule has 1 aliphatic carbocycles. The van der Waals surface area contributed by atoms with E-state index < -0.39 is 0 Å². The first kappa shape index (κ1) is 13.3. The number of hydrogen-bond donors (Lipinski definition) is 2. The molecule has 2 amide bonds. The topological polar surface area (TPSA) is 50.4 Å². The SMILES string of the molecule is C[C@H](NC(=O)Nc1cccc2c1OC(C)(C)C2)C1CC1. The van der Waals surface area contributed by atoms with Crippen molar-refractivity contribution in [3.63, 3.8) is 0 Å². The molecule has 3 rings (SSSR count). The summed E-state index contributed by atoms with van der Waals surface area (Å²) >= 11 is 0. The molecule has 0 spiro atoms. The predicted octanol–water partition coefficient (Wildman–Crippen LogP) is 3.32. The van der Waals surface area contributed by atoms with Gasteiger partial charge in [0.15, 0.2) is 0 Å². The lowest BCUT2D eigenvalue weighted by atomic mass is 10.0. The number of amides is 2. The van der Waals surface area contributed by atoms with Crippen LogP contribution in [0.1, 0.15) is 39.2 Å². The second-order valence-electron chi connectivity index (χ2n) is 6.56. The van der Waals surface area contributed by atoms with Crippen molar-refractivity contribution in [1.82, 2.24) is 5.32 Å². The van der Waals surface area contributed by atoms with Crippen molar-refractivity contribution < 1.29 is 9.53 Å². The fourth-order valence-electron chi connectivity index (χ4n) is 2.79. The Morgan fingerprint density at radius 2 is 2.15 bits per heavy atom. The van der Waals surface area contributed by atoms with Crippen LogP contribution in [0, 0.1) is 5.92 Å². The van der Waals surface area contributed by atoms with E-state index in [2.05, 4.69) is 37.5 Å². The zero-order valence-electron chi connectivity index (χ0n) is 12.3. The van der Waals surface area contributed by atoms with Crippen LogP contribution in [0.5, 0.6) is 5.75 Å². The van der Waals surface area contributed by atoms with Crippen LogP contribution in [0.3, 0.4) is 0 Å². The van der Waals surface area contributed by atoms with Gasteiger partial charge < -0.3 is 15.4 Å². The molecule has 1 fully saturated rings. The molecule has 4 heteroatoms. The molecular formula is C16H22N2O2. The largest absolute Gasteiger partial charge is 0.485 e. The number of urea groups is 1. The summed E-state index contributed by atoms with van der Waals surface area (Å²) in [6.07, 6.45) is 3.32. The zero-order chi connectivity index (χ0) is 14.3. The summed E-state index contributed by atoms with van der Waals surface area (Å²) in [5.41, 5.74) is 1.72. The molecule has 1 aromatic carbocycles. The van der Waals surface area contributed by atoms with Crippen molar-refractivity contribution in [2.75, 3.05) is 5.32 Å². The van der Waals surface area contributed by atoms with E-state index in [4.69, 9.17) is 4.74 Å². The highest BCUT2D eigenvalue weighted by Gasteiger charge is 2.32. The Morgan fingerprint density at radius 1 is 1.40 bits per heavy atom. The average molecular weight is 274 g/mol. The summed E-state index contributed by atoms with van der Waals surface area (Å²) in [5.74, 6) is 1.46. The third-order valence-electron chi connectivity index (χ3n) is 4.03. The van der Waals surface area contributed by atoms with Crippen LogP contribution in [-0.4, -0.2) is 17.7 Å². The molecule has 0 bridgehead atoms. The fraction of sp³-hybridized carbons (Fsp3) is 0.562. The molecule has 1 atom stereocenters. The van der Waals surface area contributed by atoms with Gasteiger partial charge in [0.25, 0.3) is 0 Å². The maximum absolute atomic E-state index is 12.0. The number of ether oxygens (including phenoxy) is 1. The van der Waals surface area contributed by atoms with Gasteiger partial charge >= 0.3 is 6.03 Å². The first-order valence-electron chi connectivity index (χ1n) is 7.33. The number of fused-ring (bicyclic) bond motifs is 1. The van der Waals surface area contributed by atoms with E-state index >= 15 is 0 Å². The van der Waals surface area contributed by atoms with Crippen LogP contribution in [0.4, 0.5) is 10.5 Å². The number of para-hydroxylation sites is 1. The summed E-state index contributed by atoms with van der Waals surface area (Å²) < 4.78 is 5.95. The van der Waals surface area contributed by atoms with Crippen LogP contribution in [0.15, 0.2) is 18.2 Å². The Bertz CT molecular complexity index is 535. The van der Waals surface area contributed by atoms with Gasteiger partial charge in [0.2, 0.25) is 0 Å². The molecule has 0 radical (unpaired) electrons. The normalized spacial score (nSPS) is 20.8. The van der Waals surface area contributed by atoms with Crippen LogP contribution in [0.2, 0.25) is 0 Å². The van der Waals surface area contributed by atoms with E-state index in [0.717, 1.165) is 23.4 Å². The number of hydrogen-bond acceptors (Lipinski definition) is 2. The quantitative estimate of drug-likeness (QED) is 0.888. The van der Waals surface area contributed by atoms with Crippen molar-refractivity contribution >= 4 is 11.7 Å². The molecule has 2 aliphatic rings. The van der Waals surface area contributed by atoms with E-state index in [1.165, 1.54) is 12.8 Å². The predicted molar refractivity (Wildman–Crippen MR) is 79.2 cm³/mol. The lowest BCUT2D eigenvalue weighted by Crippen LogP contribution is -2.37. The second-order valence-corrected chi connectivity index (χ2v) is 6.56. The van der Waals surface area contributed by atoms with Gasteiger partial charge in [-0.15, -0.1) is 0 Å². The van der Waals surface area contributed by atoms with E-state index in [9.17, 15) is 4.79 Å². The van der Waals surface area contributed by atoms with Gasteiger partial charge in [-0.3, -0.25) is 0 Å². The number of carbonyl (C=O) groups is 1. The summed E-state index contributed by atoms with van der Waals surface area (Å²) in [7, 11) is 0. The van der Waals surface area contributed by atoms with Gasteiger partial charge in [-0.25, -0.2) is 4.79 Å². The van der Waals surface area contributed by atoms with Gasteiger partial charge in [-0.1, -0.05) is 12.1 Å². The maximum atomic E-state index is 12.0. The van der Waals surface area contributed by atoms with E-state index in [1.54, 1.807) is 0 Å². The molecule has 4 nitrogen and oxygen atoms in total. The first-order valence-corrected chi connectivity index (χ1v) is 7.33. The molecule has 0 saturated heterocycles. The van der Waals surface area contributed by atoms with Crippen molar-refractivity contribution in [3.8, 4) is 5.75 Å². The van der Waals surface area contributed by atoms with Crippen molar-refractivity contribution in [2.24, 2.45) is 5.92 Å². The minimum absolute atomic E-state index is 0.147. The number of nitrogens with one attached hydrogen (secondary N) is 2. The van der Waals surface area contributed by atoms with Gasteiger partial charge in [-0.05, 0) is 45.6 Å². The van der Waals surface area contributed by atoms with Gasteiger partial charge in [-0.2, -0.15) is 0 Å². The summed E-state index contributed by atoms with van der Waals surface area (Å²) in [6.45, 7) is 6.18. The van der Waals surface area contributed by atoms with Gasteiger partial charge in [0.1, 0.15) is 11.4 Å². The monoisotopic (exact) mass is 274 g/mol. The van der Waals surface area contributed by atoms with Crippen molar-refractivity contribution in [2.45, 2.75) is 51.7 Å². The van der Waals surface area contributed by atoms with E-state index in [-0.39, 0.29) is 17.7 Å². The number of anilines is 1. The zero-order valence-corrected chi connectivity index (χ0v) is 12.3. The number of rotatable bonds is 3. The van der Waals surface area contributed by atoms with Crippen molar-refractivity contribution in [1.29, 1.82) is 0 Å². The Balaban J connectivity index is 1.69. The molecule has 2 N–H and O–H groups in total. The van der Waals surface area contributed by atoms with E-state index in [1.807, 2.05) is 12.1 Å². The molecular weight excluding hydrogens is 252 g/mol. The van der Waals surface area contributed by atoms with Crippen LogP contribution < -0.4 is 15.4 Å². The molecule has 1 aromatic rings. The lowest BCUT2D eigenvalue weighted by molar-refractivity contribution is 0.139. The highest BCUT2D eigenvalue weighted by Crippen LogP contribution is 2.40. The highest BCUT2D eigenvalue weighted by atomic mass is 16.5. The van der Waals surface area contributed by atoms with Crippen molar-refractivity contribution in [3.05, 3.63) is 23.8 Å². The molecule has 108 valence electrons. The smallest absolute Gasteiger partial charge is 0.319 e. The summed E-state index contributed by atoms with van der Waals surface area (Å²) in [4.78, 5) is 12.0. The Kier molecular flexibility index (Phi) is 3.11. The third kappa shape index (κ3) is 2.74. The molecule has 1 aliphatic heterocycles. The maximum Gasteiger partial charge on any atom is 0.319 e. The minimum Gasteiger partial charge on any atom is -0.485 e. The average Bonchev–Trinajstić information content (AvgIpc) is 3.12. The summed E-state index contributed by atoms with van der Waals surface area (Å²) in [5, 5.41) is 5.92. The van der Waals surface area contributed by atoms with Crippen LogP contribution >= 0.6 is 0 Å². The molecule has 1 saturated carbocycles.